The van der Waals surface area contributed by atoms with Gasteiger partial charge in [-0.15, -0.1) is 0 Å². The van der Waals surface area contributed by atoms with Gasteiger partial charge in [0.2, 0.25) is 0 Å². The summed E-state index contributed by atoms with van der Waals surface area (Å²) in [5, 5.41) is 7.22. The van der Waals surface area contributed by atoms with Crippen LogP contribution in [-0.2, 0) is 12.8 Å². The van der Waals surface area contributed by atoms with E-state index in [1.807, 2.05) is 24.3 Å². The van der Waals surface area contributed by atoms with Gasteiger partial charge in [-0.2, -0.15) is 11.8 Å². The Balaban J connectivity index is 1.76. The molecule has 5 nitrogen and oxygen atoms in total. The fourth-order valence-corrected chi connectivity index (χ4v) is 2.45. The predicted molar refractivity (Wildman–Crippen MR) is 102 cm³/mol. The van der Waals surface area contributed by atoms with Crippen LogP contribution in [0, 0.1) is 0 Å². The van der Waals surface area contributed by atoms with Gasteiger partial charge in [0, 0.05) is 31.5 Å². The number of halogens is 1. The number of aromatic nitrogens is 1. The molecule has 0 saturated carbocycles. The summed E-state index contributed by atoms with van der Waals surface area (Å²) >= 11 is 7.59. The third-order valence-electron chi connectivity index (χ3n) is 3.30. The zero-order valence-electron chi connectivity index (χ0n) is 13.8. The summed E-state index contributed by atoms with van der Waals surface area (Å²) in [5.74, 6) is 2.81. The molecule has 0 unspecified atom stereocenters. The van der Waals surface area contributed by atoms with Crippen LogP contribution >= 0.6 is 23.4 Å². The molecule has 0 amide bonds. The lowest BCUT2D eigenvalue weighted by Crippen LogP contribution is -2.39. The van der Waals surface area contributed by atoms with E-state index in [0.29, 0.717) is 5.15 Å². The van der Waals surface area contributed by atoms with Gasteiger partial charge in [0.25, 0.3) is 0 Å². The minimum Gasteiger partial charge on any atom is -0.469 e. The van der Waals surface area contributed by atoms with E-state index >= 15 is 0 Å². The summed E-state index contributed by atoms with van der Waals surface area (Å²) in [6.45, 7) is 2.36. The number of guanidine groups is 1. The Morgan fingerprint density at radius 2 is 2.08 bits per heavy atom. The first kappa shape index (κ1) is 18.7. The first-order chi connectivity index (χ1) is 11.8. The van der Waals surface area contributed by atoms with Crippen LogP contribution in [0.3, 0.4) is 0 Å². The van der Waals surface area contributed by atoms with Crippen molar-refractivity contribution in [1.29, 1.82) is 0 Å². The van der Waals surface area contributed by atoms with Crippen LogP contribution in [0.2, 0.25) is 5.15 Å². The Labute approximate surface area is 152 Å². The molecule has 0 bridgehead atoms. The minimum atomic E-state index is 0.519. The summed E-state index contributed by atoms with van der Waals surface area (Å²) in [4.78, 5) is 8.68. The van der Waals surface area contributed by atoms with Gasteiger partial charge in [-0.05, 0) is 36.4 Å². The molecule has 0 radical (unpaired) electrons. The molecule has 0 spiro atoms. The number of nitrogens with zero attached hydrogens (tertiary/aromatic N) is 2. The maximum Gasteiger partial charge on any atom is 0.191 e. The molecule has 2 aromatic rings. The van der Waals surface area contributed by atoms with E-state index < -0.39 is 0 Å². The van der Waals surface area contributed by atoms with Crippen LogP contribution < -0.4 is 10.6 Å². The predicted octanol–water partition coefficient (Wildman–Crippen LogP) is 3.01. The molecule has 0 fully saturated rings. The second-order valence-corrected chi connectivity index (χ2v) is 6.52. The summed E-state index contributed by atoms with van der Waals surface area (Å²) < 4.78 is 5.34. The highest BCUT2D eigenvalue weighted by Crippen LogP contribution is 2.05. The van der Waals surface area contributed by atoms with Crippen molar-refractivity contribution in [2.45, 2.75) is 12.8 Å². The van der Waals surface area contributed by atoms with Crippen LogP contribution in [0.5, 0.6) is 0 Å². The molecule has 0 aliphatic carbocycles. The topological polar surface area (TPSA) is 62.5 Å². The van der Waals surface area contributed by atoms with E-state index in [1.54, 1.807) is 24.2 Å². The Bertz CT molecular complexity index is 602. The van der Waals surface area contributed by atoms with Gasteiger partial charge in [0.1, 0.15) is 10.9 Å². The molecule has 0 aliphatic heterocycles. The number of furan rings is 1. The summed E-state index contributed by atoms with van der Waals surface area (Å²) in [6, 6.07) is 7.69. The number of aliphatic imine (C=N–C) groups is 1. The Hall–Kier alpha value is -1.66. The fourth-order valence-electron chi connectivity index (χ4n) is 2.06. The molecule has 0 saturated heterocycles. The van der Waals surface area contributed by atoms with Gasteiger partial charge < -0.3 is 15.1 Å². The molecule has 2 heterocycles. The molecule has 0 aliphatic rings. The number of rotatable bonds is 9. The first-order valence-corrected chi connectivity index (χ1v) is 9.69. The molecule has 0 aromatic carbocycles. The SMILES string of the molecule is CSCCN=C(NCCc1ccc(Cl)nc1)NCCc1ccco1. The van der Waals surface area contributed by atoms with Crippen molar-refractivity contribution < 1.29 is 4.42 Å². The van der Waals surface area contributed by atoms with Crippen LogP contribution in [0.1, 0.15) is 11.3 Å². The van der Waals surface area contributed by atoms with E-state index in [1.165, 1.54) is 0 Å². The van der Waals surface area contributed by atoms with E-state index in [2.05, 4.69) is 26.9 Å². The molecule has 130 valence electrons. The van der Waals surface area contributed by atoms with Crippen molar-refractivity contribution >= 4 is 29.3 Å². The molecule has 2 N–H and O–H groups in total. The van der Waals surface area contributed by atoms with Crippen LogP contribution in [-0.4, -0.2) is 42.6 Å². The Kier molecular flexibility index (Phi) is 8.55. The van der Waals surface area contributed by atoms with Crippen molar-refractivity contribution in [3.05, 3.63) is 53.2 Å². The standard InChI is InChI=1S/C17H23ClN4OS/c1-24-12-10-21-17(20-9-7-15-3-2-11-23-15)19-8-6-14-4-5-16(18)22-13-14/h2-5,11,13H,6-10,12H2,1H3,(H2,19,20,21). The molecule has 2 aromatic heterocycles. The molecular formula is C17H23ClN4OS. The van der Waals surface area contributed by atoms with Crippen molar-refractivity contribution in [3.8, 4) is 0 Å². The van der Waals surface area contributed by atoms with E-state index in [-0.39, 0.29) is 0 Å². The van der Waals surface area contributed by atoms with Gasteiger partial charge in [-0.25, -0.2) is 4.98 Å². The third-order valence-corrected chi connectivity index (χ3v) is 4.12. The monoisotopic (exact) mass is 366 g/mol. The lowest BCUT2D eigenvalue weighted by atomic mass is 10.2. The lowest BCUT2D eigenvalue weighted by molar-refractivity contribution is 0.507. The first-order valence-electron chi connectivity index (χ1n) is 7.92. The molecular weight excluding hydrogens is 344 g/mol. The van der Waals surface area contributed by atoms with E-state index in [0.717, 1.165) is 55.5 Å². The zero-order valence-corrected chi connectivity index (χ0v) is 15.4. The maximum absolute atomic E-state index is 5.80. The quantitative estimate of drug-likeness (QED) is 0.309. The summed E-state index contributed by atoms with van der Waals surface area (Å²) in [5.41, 5.74) is 1.14. The van der Waals surface area contributed by atoms with Crippen molar-refractivity contribution in [3.63, 3.8) is 0 Å². The number of hydrogen-bond acceptors (Lipinski definition) is 4. The van der Waals surface area contributed by atoms with Crippen LogP contribution in [0.15, 0.2) is 46.1 Å². The smallest absolute Gasteiger partial charge is 0.191 e. The molecule has 7 heteroatoms. The minimum absolute atomic E-state index is 0.519. The fraction of sp³-hybridized carbons (Fsp3) is 0.412. The van der Waals surface area contributed by atoms with Crippen molar-refractivity contribution in [2.24, 2.45) is 4.99 Å². The number of pyridine rings is 1. The Morgan fingerprint density at radius 1 is 1.25 bits per heavy atom. The van der Waals surface area contributed by atoms with Gasteiger partial charge in [-0.3, -0.25) is 4.99 Å². The van der Waals surface area contributed by atoms with Gasteiger partial charge in [0.05, 0.1) is 12.8 Å². The number of thioether (sulfide) groups is 1. The van der Waals surface area contributed by atoms with Crippen molar-refractivity contribution in [1.82, 2.24) is 15.6 Å². The van der Waals surface area contributed by atoms with Gasteiger partial charge in [-0.1, -0.05) is 17.7 Å². The third kappa shape index (κ3) is 7.27. The van der Waals surface area contributed by atoms with E-state index in [4.69, 9.17) is 16.0 Å². The van der Waals surface area contributed by atoms with E-state index in [9.17, 15) is 0 Å². The zero-order chi connectivity index (χ0) is 17.0. The second-order valence-electron chi connectivity index (χ2n) is 5.15. The average molecular weight is 367 g/mol. The van der Waals surface area contributed by atoms with Crippen LogP contribution in [0.4, 0.5) is 0 Å². The molecule has 2 rings (SSSR count). The van der Waals surface area contributed by atoms with Crippen molar-refractivity contribution in [2.75, 3.05) is 31.6 Å². The van der Waals surface area contributed by atoms with Gasteiger partial charge >= 0.3 is 0 Å². The second kappa shape index (κ2) is 11.0. The van der Waals surface area contributed by atoms with Gasteiger partial charge in [0.15, 0.2) is 5.96 Å². The normalized spacial score (nSPS) is 11.5. The van der Waals surface area contributed by atoms with Crippen LogP contribution in [0.25, 0.3) is 0 Å². The lowest BCUT2D eigenvalue weighted by Gasteiger charge is -2.12. The summed E-state index contributed by atoms with van der Waals surface area (Å²) in [7, 11) is 0. The highest BCUT2D eigenvalue weighted by Gasteiger charge is 2.01. The maximum atomic E-state index is 5.80. The molecule has 0 atom stereocenters. The molecule has 24 heavy (non-hydrogen) atoms. The number of hydrogen-bond donors (Lipinski definition) is 2. The largest absolute Gasteiger partial charge is 0.469 e. The Morgan fingerprint density at radius 3 is 2.75 bits per heavy atom. The number of nitrogens with one attached hydrogen (secondary N) is 2. The highest BCUT2D eigenvalue weighted by molar-refractivity contribution is 7.98. The summed E-state index contributed by atoms with van der Waals surface area (Å²) in [6.07, 6.45) is 7.28. The average Bonchev–Trinajstić information content (AvgIpc) is 3.10. The highest BCUT2D eigenvalue weighted by atomic mass is 35.5.